The second-order valence-electron chi connectivity index (χ2n) is 5.06. The molecule has 1 heterocycles. The lowest BCUT2D eigenvalue weighted by Gasteiger charge is -2.23. The number of aliphatic imine (C=N–C) groups is 1. The standard InChI is InChI=1S/C14H23N3O2/c1-2-15-13(16-10-12-6-5-9-19-12)17-11-14(18)7-3-4-8-14/h5-6,9,18H,2-4,7-8,10-11H2,1H3,(H2,15,16,17). The molecule has 1 fully saturated rings. The van der Waals surface area contributed by atoms with Crippen LogP contribution in [0.4, 0.5) is 0 Å². The van der Waals surface area contributed by atoms with Gasteiger partial charge in [0.25, 0.3) is 0 Å². The number of hydrogen-bond acceptors (Lipinski definition) is 3. The number of nitrogens with zero attached hydrogens (tertiary/aromatic N) is 1. The predicted octanol–water partition coefficient (Wildman–Crippen LogP) is 1.64. The first-order chi connectivity index (χ1) is 9.22. The van der Waals surface area contributed by atoms with E-state index in [0.29, 0.717) is 13.1 Å². The van der Waals surface area contributed by atoms with Crippen LogP contribution in [0.15, 0.2) is 27.8 Å². The highest BCUT2D eigenvalue weighted by atomic mass is 16.3. The van der Waals surface area contributed by atoms with Crippen LogP contribution in [-0.2, 0) is 6.54 Å². The molecule has 106 valence electrons. The Morgan fingerprint density at radius 2 is 2.21 bits per heavy atom. The highest BCUT2D eigenvalue weighted by Gasteiger charge is 2.30. The van der Waals surface area contributed by atoms with Gasteiger partial charge in [0.2, 0.25) is 0 Å². The van der Waals surface area contributed by atoms with E-state index in [1.165, 1.54) is 0 Å². The van der Waals surface area contributed by atoms with Gasteiger partial charge < -0.3 is 20.2 Å². The molecule has 0 aliphatic heterocycles. The molecule has 5 nitrogen and oxygen atoms in total. The second-order valence-corrected chi connectivity index (χ2v) is 5.06. The van der Waals surface area contributed by atoms with Crippen LogP contribution in [0.1, 0.15) is 38.4 Å². The molecule has 19 heavy (non-hydrogen) atoms. The van der Waals surface area contributed by atoms with Crippen molar-refractivity contribution < 1.29 is 9.52 Å². The molecule has 1 aromatic rings. The van der Waals surface area contributed by atoms with Gasteiger partial charge >= 0.3 is 0 Å². The van der Waals surface area contributed by atoms with Crippen molar-refractivity contribution in [3.05, 3.63) is 24.2 Å². The number of guanidine groups is 1. The summed E-state index contributed by atoms with van der Waals surface area (Å²) in [6.07, 6.45) is 5.61. The fraction of sp³-hybridized carbons (Fsp3) is 0.643. The summed E-state index contributed by atoms with van der Waals surface area (Å²) in [5.74, 6) is 1.55. The van der Waals surface area contributed by atoms with E-state index in [2.05, 4.69) is 15.6 Å². The summed E-state index contributed by atoms with van der Waals surface area (Å²) >= 11 is 0. The average Bonchev–Trinajstić information content (AvgIpc) is 3.05. The Morgan fingerprint density at radius 3 is 2.84 bits per heavy atom. The van der Waals surface area contributed by atoms with Crippen LogP contribution in [0.3, 0.4) is 0 Å². The normalized spacial score (nSPS) is 18.5. The zero-order valence-corrected chi connectivity index (χ0v) is 11.5. The smallest absolute Gasteiger partial charge is 0.191 e. The molecule has 0 radical (unpaired) electrons. The molecule has 0 spiro atoms. The van der Waals surface area contributed by atoms with Crippen LogP contribution < -0.4 is 10.6 Å². The molecule has 0 amide bonds. The second kappa shape index (κ2) is 6.61. The molecule has 0 saturated heterocycles. The van der Waals surface area contributed by atoms with Crippen molar-refractivity contribution >= 4 is 5.96 Å². The first-order valence-electron chi connectivity index (χ1n) is 6.99. The summed E-state index contributed by atoms with van der Waals surface area (Å²) in [6.45, 7) is 3.87. The third-order valence-electron chi connectivity index (χ3n) is 3.44. The van der Waals surface area contributed by atoms with Crippen molar-refractivity contribution in [3.8, 4) is 0 Å². The largest absolute Gasteiger partial charge is 0.467 e. The summed E-state index contributed by atoms with van der Waals surface area (Å²) in [5, 5.41) is 16.7. The predicted molar refractivity (Wildman–Crippen MR) is 74.9 cm³/mol. The lowest BCUT2D eigenvalue weighted by molar-refractivity contribution is 0.0522. The van der Waals surface area contributed by atoms with E-state index in [1.54, 1.807) is 6.26 Å². The number of furan rings is 1. The van der Waals surface area contributed by atoms with Gasteiger partial charge in [-0.25, -0.2) is 4.99 Å². The maximum absolute atomic E-state index is 10.3. The third-order valence-corrected chi connectivity index (χ3v) is 3.44. The molecular weight excluding hydrogens is 242 g/mol. The molecule has 5 heteroatoms. The van der Waals surface area contributed by atoms with E-state index < -0.39 is 5.60 Å². The topological polar surface area (TPSA) is 69.8 Å². The van der Waals surface area contributed by atoms with Crippen LogP contribution in [0, 0.1) is 0 Å². The molecule has 0 unspecified atom stereocenters. The molecular formula is C14H23N3O2. The Morgan fingerprint density at radius 1 is 1.42 bits per heavy atom. The summed E-state index contributed by atoms with van der Waals surface area (Å²) in [5.41, 5.74) is -0.569. The van der Waals surface area contributed by atoms with E-state index in [0.717, 1.165) is 43.9 Å². The summed E-state index contributed by atoms with van der Waals surface area (Å²) in [6, 6.07) is 3.75. The number of hydrogen-bond donors (Lipinski definition) is 3. The van der Waals surface area contributed by atoms with Gasteiger partial charge in [0.1, 0.15) is 12.3 Å². The molecule has 1 aliphatic rings. The minimum Gasteiger partial charge on any atom is -0.467 e. The van der Waals surface area contributed by atoms with Gasteiger partial charge in [-0.3, -0.25) is 0 Å². The van der Waals surface area contributed by atoms with Crippen LogP contribution >= 0.6 is 0 Å². The van der Waals surface area contributed by atoms with Crippen molar-refractivity contribution in [2.45, 2.75) is 44.8 Å². The average molecular weight is 265 g/mol. The van der Waals surface area contributed by atoms with Crippen LogP contribution in [0.25, 0.3) is 0 Å². The Hall–Kier alpha value is -1.49. The Bertz CT molecular complexity index is 395. The Kier molecular flexibility index (Phi) is 4.85. The summed E-state index contributed by atoms with van der Waals surface area (Å²) in [4.78, 5) is 4.44. The number of aliphatic hydroxyl groups is 1. The minimum atomic E-state index is -0.569. The maximum Gasteiger partial charge on any atom is 0.191 e. The SMILES string of the molecule is CCNC(=NCc1ccco1)NCC1(O)CCCC1. The van der Waals surface area contributed by atoms with Crippen molar-refractivity contribution in [1.82, 2.24) is 10.6 Å². The van der Waals surface area contributed by atoms with Gasteiger partial charge in [-0.05, 0) is 31.9 Å². The first kappa shape index (κ1) is 13.9. The van der Waals surface area contributed by atoms with E-state index >= 15 is 0 Å². The maximum atomic E-state index is 10.3. The molecule has 0 aromatic carbocycles. The summed E-state index contributed by atoms with van der Waals surface area (Å²) in [7, 11) is 0. The molecule has 1 aromatic heterocycles. The van der Waals surface area contributed by atoms with Gasteiger partial charge in [0, 0.05) is 13.1 Å². The molecule has 0 bridgehead atoms. The van der Waals surface area contributed by atoms with Gasteiger partial charge in [-0.2, -0.15) is 0 Å². The number of nitrogens with one attached hydrogen (secondary N) is 2. The van der Waals surface area contributed by atoms with Gasteiger partial charge in [-0.1, -0.05) is 12.8 Å². The fourth-order valence-corrected chi connectivity index (χ4v) is 2.36. The lowest BCUT2D eigenvalue weighted by Crippen LogP contribution is -2.46. The quantitative estimate of drug-likeness (QED) is 0.559. The third kappa shape index (κ3) is 4.28. The van der Waals surface area contributed by atoms with Crippen molar-refractivity contribution in [3.63, 3.8) is 0 Å². The minimum absolute atomic E-state index is 0.501. The molecule has 1 aliphatic carbocycles. The van der Waals surface area contributed by atoms with E-state index in [4.69, 9.17) is 4.42 Å². The van der Waals surface area contributed by atoms with Gasteiger partial charge in [0.15, 0.2) is 5.96 Å². The van der Waals surface area contributed by atoms with Crippen LogP contribution in [-0.4, -0.2) is 29.8 Å². The number of rotatable bonds is 5. The van der Waals surface area contributed by atoms with E-state index in [-0.39, 0.29) is 0 Å². The van der Waals surface area contributed by atoms with Crippen molar-refractivity contribution in [1.29, 1.82) is 0 Å². The summed E-state index contributed by atoms with van der Waals surface area (Å²) < 4.78 is 5.25. The lowest BCUT2D eigenvalue weighted by atomic mass is 10.0. The molecule has 3 N–H and O–H groups in total. The zero-order valence-electron chi connectivity index (χ0n) is 11.5. The highest BCUT2D eigenvalue weighted by molar-refractivity contribution is 5.79. The van der Waals surface area contributed by atoms with Gasteiger partial charge in [-0.15, -0.1) is 0 Å². The van der Waals surface area contributed by atoms with Crippen molar-refractivity contribution in [2.75, 3.05) is 13.1 Å². The van der Waals surface area contributed by atoms with Crippen molar-refractivity contribution in [2.24, 2.45) is 4.99 Å². The Labute approximate surface area is 114 Å². The van der Waals surface area contributed by atoms with Gasteiger partial charge in [0.05, 0.1) is 11.9 Å². The highest BCUT2D eigenvalue weighted by Crippen LogP contribution is 2.28. The van der Waals surface area contributed by atoms with E-state index in [9.17, 15) is 5.11 Å². The molecule has 2 rings (SSSR count). The van der Waals surface area contributed by atoms with Crippen LogP contribution in [0.2, 0.25) is 0 Å². The first-order valence-corrected chi connectivity index (χ1v) is 6.99. The zero-order chi connectivity index (χ0) is 13.6. The molecule has 1 saturated carbocycles. The van der Waals surface area contributed by atoms with Crippen LogP contribution in [0.5, 0.6) is 0 Å². The monoisotopic (exact) mass is 265 g/mol. The van der Waals surface area contributed by atoms with E-state index in [1.807, 2.05) is 19.1 Å². The molecule has 0 atom stereocenters. The fourth-order valence-electron chi connectivity index (χ4n) is 2.36. The Balaban J connectivity index is 1.86.